The molecule has 0 spiro atoms. The fourth-order valence-electron chi connectivity index (χ4n) is 3.05. The number of thiazole rings is 1. The molecule has 4 aromatic rings. The molecule has 2 aromatic carbocycles. The third-order valence-electron chi connectivity index (χ3n) is 4.40. The molecule has 0 saturated carbocycles. The van der Waals surface area contributed by atoms with E-state index in [1.165, 1.54) is 17.4 Å². The van der Waals surface area contributed by atoms with E-state index in [4.69, 9.17) is 4.74 Å². The van der Waals surface area contributed by atoms with Gasteiger partial charge in [0.1, 0.15) is 5.75 Å². The minimum absolute atomic E-state index is 0.0522. The number of fused-ring (bicyclic) bond motifs is 2. The van der Waals surface area contributed by atoms with Gasteiger partial charge in [0.25, 0.3) is 11.5 Å². The molecule has 28 heavy (non-hydrogen) atoms. The number of nitrogens with zero attached hydrogens (tertiary/aromatic N) is 2. The highest BCUT2D eigenvalue weighted by molar-refractivity contribution is 7.15. The summed E-state index contributed by atoms with van der Waals surface area (Å²) in [5.41, 5.74) is 1.45. The minimum atomic E-state index is -0.200. The van der Waals surface area contributed by atoms with Crippen molar-refractivity contribution < 1.29 is 9.53 Å². The van der Waals surface area contributed by atoms with Gasteiger partial charge in [-0.2, -0.15) is 0 Å². The number of amides is 1. The zero-order valence-electron chi connectivity index (χ0n) is 15.3. The standard InChI is InChI=1S/C21H19N3O3S/c1-14-10-20(26)24-17(13-28-21(24)23-14)8-9-22-19(25)12-27-18-7-6-15-4-2-3-5-16(15)11-18/h2-7,10-11,13H,8-9,12H2,1H3,(H,22,25). The maximum absolute atomic E-state index is 12.2. The van der Waals surface area contributed by atoms with Crippen molar-refractivity contribution >= 4 is 33.0 Å². The molecule has 7 heteroatoms. The summed E-state index contributed by atoms with van der Waals surface area (Å²) in [6.07, 6.45) is 0.548. The van der Waals surface area contributed by atoms with Gasteiger partial charge in [-0.3, -0.25) is 14.0 Å². The predicted molar refractivity (Wildman–Crippen MR) is 110 cm³/mol. The van der Waals surface area contributed by atoms with E-state index in [1.807, 2.05) is 47.8 Å². The van der Waals surface area contributed by atoms with E-state index in [0.29, 0.717) is 29.4 Å². The topological polar surface area (TPSA) is 72.7 Å². The second-order valence-corrected chi connectivity index (χ2v) is 7.31. The van der Waals surface area contributed by atoms with Gasteiger partial charge < -0.3 is 10.1 Å². The number of hydrogen-bond acceptors (Lipinski definition) is 5. The lowest BCUT2D eigenvalue weighted by atomic mass is 10.1. The molecule has 2 aromatic heterocycles. The van der Waals surface area contributed by atoms with Crippen LogP contribution >= 0.6 is 11.3 Å². The van der Waals surface area contributed by atoms with Gasteiger partial charge in [-0.1, -0.05) is 30.3 Å². The molecule has 0 aliphatic heterocycles. The molecule has 142 valence electrons. The zero-order valence-corrected chi connectivity index (χ0v) is 16.2. The van der Waals surface area contributed by atoms with E-state index in [9.17, 15) is 9.59 Å². The van der Waals surface area contributed by atoms with Crippen molar-refractivity contribution in [3.63, 3.8) is 0 Å². The number of hydrogen-bond donors (Lipinski definition) is 1. The largest absolute Gasteiger partial charge is 0.484 e. The summed E-state index contributed by atoms with van der Waals surface area (Å²) in [4.78, 5) is 29.3. The van der Waals surface area contributed by atoms with Crippen LogP contribution in [0, 0.1) is 6.92 Å². The molecule has 4 rings (SSSR count). The summed E-state index contributed by atoms with van der Waals surface area (Å²) < 4.78 is 7.18. The van der Waals surface area contributed by atoms with Crippen LogP contribution in [-0.2, 0) is 11.2 Å². The van der Waals surface area contributed by atoms with Crippen molar-refractivity contribution in [1.82, 2.24) is 14.7 Å². The minimum Gasteiger partial charge on any atom is -0.484 e. The Bertz CT molecular complexity index is 1210. The van der Waals surface area contributed by atoms with Gasteiger partial charge in [0.2, 0.25) is 0 Å². The lowest BCUT2D eigenvalue weighted by Crippen LogP contribution is -2.31. The van der Waals surface area contributed by atoms with E-state index in [1.54, 1.807) is 11.3 Å². The Kier molecular flexibility index (Phi) is 5.08. The van der Waals surface area contributed by atoms with E-state index < -0.39 is 0 Å². The van der Waals surface area contributed by atoms with E-state index in [2.05, 4.69) is 10.3 Å². The van der Waals surface area contributed by atoms with Crippen LogP contribution in [-0.4, -0.2) is 28.4 Å². The molecule has 2 heterocycles. The Labute approximate surface area is 165 Å². The maximum atomic E-state index is 12.2. The van der Waals surface area contributed by atoms with Gasteiger partial charge in [-0.25, -0.2) is 4.98 Å². The summed E-state index contributed by atoms with van der Waals surface area (Å²) in [6, 6.07) is 15.2. The molecule has 1 N–H and O–H groups in total. The normalized spacial score (nSPS) is 11.0. The fraction of sp³-hybridized carbons (Fsp3) is 0.190. The van der Waals surface area contributed by atoms with Crippen molar-refractivity contribution in [3.8, 4) is 5.75 Å². The molecule has 1 amide bonds. The quantitative estimate of drug-likeness (QED) is 0.547. The molecule has 0 aliphatic rings. The summed E-state index contributed by atoms with van der Waals surface area (Å²) in [7, 11) is 0. The Morgan fingerprint density at radius 3 is 2.86 bits per heavy atom. The highest BCUT2D eigenvalue weighted by Gasteiger charge is 2.09. The third kappa shape index (κ3) is 3.89. The lowest BCUT2D eigenvalue weighted by molar-refractivity contribution is -0.123. The van der Waals surface area contributed by atoms with Crippen LogP contribution in [0.4, 0.5) is 0 Å². The highest BCUT2D eigenvalue weighted by Crippen LogP contribution is 2.20. The number of ether oxygens (including phenoxy) is 1. The molecule has 0 fully saturated rings. The summed E-state index contributed by atoms with van der Waals surface area (Å²) in [6.45, 7) is 2.17. The van der Waals surface area contributed by atoms with Crippen LogP contribution in [0.1, 0.15) is 11.4 Å². The second-order valence-electron chi connectivity index (χ2n) is 6.48. The van der Waals surface area contributed by atoms with E-state index in [-0.39, 0.29) is 18.1 Å². The number of rotatable bonds is 6. The van der Waals surface area contributed by atoms with Crippen LogP contribution in [0.25, 0.3) is 15.7 Å². The molecule has 0 unspecified atom stereocenters. The lowest BCUT2D eigenvalue weighted by Gasteiger charge is -2.08. The number of carbonyl (C=O) groups is 1. The zero-order chi connectivity index (χ0) is 19.5. The Hall–Kier alpha value is -3.19. The predicted octanol–water partition coefficient (Wildman–Crippen LogP) is 2.96. The van der Waals surface area contributed by atoms with Gasteiger partial charge >= 0.3 is 0 Å². The number of carbonyl (C=O) groups excluding carboxylic acids is 1. The van der Waals surface area contributed by atoms with Crippen LogP contribution in [0.5, 0.6) is 5.75 Å². The molecular weight excluding hydrogens is 374 g/mol. The highest BCUT2D eigenvalue weighted by atomic mass is 32.1. The molecule has 6 nitrogen and oxygen atoms in total. The first-order chi connectivity index (χ1) is 13.6. The van der Waals surface area contributed by atoms with Crippen LogP contribution in [0.2, 0.25) is 0 Å². The SMILES string of the molecule is Cc1cc(=O)n2c(CCNC(=O)COc3ccc4ccccc4c3)csc2n1. The maximum Gasteiger partial charge on any atom is 0.258 e. The smallest absolute Gasteiger partial charge is 0.258 e. The molecule has 0 aliphatic carbocycles. The van der Waals surface area contributed by atoms with Crippen LogP contribution in [0.3, 0.4) is 0 Å². The summed E-state index contributed by atoms with van der Waals surface area (Å²) in [5.74, 6) is 0.458. The van der Waals surface area contributed by atoms with E-state index >= 15 is 0 Å². The van der Waals surface area contributed by atoms with Crippen molar-refractivity contribution in [3.05, 3.63) is 75.7 Å². The number of benzene rings is 2. The van der Waals surface area contributed by atoms with Gasteiger partial charge in [0, 0.05) is 35.8 Å². The molecular formula is C21H19N3O3S. The van der Waals surface area contributed by atoms with E-state index in [0.717, 1.165) is 16.5 Å². The summed E-state index contributed by atoms with van der Waals surface area (Å²) >= 11 is 1.42. The van der Waals surface area contributed by atoms with Crippen molar-refractivity contribution in [1.29, 1.82) is 0 Å². The molecule has 0 radical (unpaired) electrons. The number of aromatic nitrogens is 2. The van der Waals surface area contributed by atoms with Crippen LogP contribution in [0.15, 0.2) is 58.7 Å². The summed E-state index contributed by atoms with van der Waals surface area (Å²) in [5, 5.41) is 6.93. The van der Waals surface area contributed by atoms with Crippen molar-refractivity contribution in [2.24, 2.45) is 0 Å². The Morgan fingerprint density at radius 2 is 2.00 bits per heavy atom. The van der Waals surface area contributed by atoms with Crippen LogP contribution < -0.4 is 15.6 Å². The number of nitrogens with one attached hydrogen (secondary N) is 1. The first-order valence-corrected chi connectivity index (χ1v) is 9.83. The average Bonchev–Trinajstić information content (AvgIpc) is 3.09. The van der Waals surface area contributed by atoms with Gasteiger partial charge in [0.15, 0.2) is 11.6 Å². The fourth-order valence-corrected chi connectivity index (χ4v) is 4.02. The van der Waals surface area contributed by atoms with Gasteiger partial charge in [-0.15, -0.1) is 11.3 Å². The average molecular weight is 393 g/mol. The van der Waals surface area contributed by atoms with Crippen molar-refractivity contribution in [2.75, 3.05) is 13.2 Å². The third-order valence-corrected chi connectivity index (χ3v) is 5.27. The van der Waals surface area contributed by atoms with Gasteiger partial charge in [0.05, 0.1) is 0 Å². The van der Waals surface area contributed by atoms with Gasteiger partial charge in [-0.05, 0) is 29.8 Å². The molecule has 0 bridgehead atoms. The van der Waals surface area contributed by atoms with Crippen molar-refractivity contribution in [2.45, 2.75) is 13.3 Å². The molecule has 0 atom stereocenters. The second kappa shape index (κ2) is 7.82. The Morgan fingerprint density at radius 1 is 1.18 bits per heavy atom. The Balaban J connectivity index is 1.31. The first-order valence-electron chi connectivity index (χ1n) is 8.95. The monoisotopic (exact) mass is 393 g/mol. The first kappa shape index (κ1) is 18.2. The number of aryl methyl sites for hydroxylation is 1. The molecule has 0 saturated heterocycles.